The van der Waals surface area contributed by atoms with Gasteiger partial charge in [0.2, 0.25) is 5.91 Å². The maximum atomic E-state index is 12.9. The normalized spacial score (nSPS) is 23.7. The predicted molar refractivity (Wildman–Crippen MR) is 126 cm³/mol. The molecule has 4 aliphatic rings. The van der Waals surface area contributed by atoms with Gasteiger partial charge < -0.3 is 20.1 Å². The Morgan fingerprint density at radius 1 is 1.06 bits per heavy atom. The molecule has 4 atom stereocenters. The largest absolute Gasteiger partial charge is 0.481 e. The summed E-state index contributed by atoms with van der Waals surface area (Å²) in [5.74, 6) is -1.18. The van der Waals surface area contributed by atoms with Gasteiger partial charge in [-0.1, -0.05) is 48.5 Å². The van der Waals surface area contributed by atoms with Crippen LogP contribution in [0.3, 0.4) is 0 Å². The van der Waals surface area contributed by atoms with Crippen molar-refractivity contribution in [2.24, 2.45) is 11.8 Å². The summed E-state index contributed by atoms with van der Waals surface area (Å²) < 4.78 is 5.58. The number of carbonyl (C=O) groups excluding carboxylic acids is 2. The lowest BCUT2D eigenvalue weighted by Crippen LogP contribution is -2.57. The van der Waals surface area contributed by atoms with Crippen LogP contribution in [0.15, 0.2) is 48.5 Å². The van der Waals surface area contributed by atoms with Crippen LogP contribution in [-0.4, -0.2) is 53.2 Å². The van der Waals surface area contributed by atoms with E-state index in [0.717, 1.165) is 24.0 Å². The molecule has 0 spiro atoms. The second-order valence-corrected chi connectivity index (χ2v) is 9.81. The van der Waals surface area contributed by atoms with E-state index in [2.05, 4.69) is 29.6 Å². The van der Waals surface area contributed by atoms with Gasteiger partial charge in [-0.3, -0.25) is 9.59 Å². The van der Waals surface area contributed by atoms with Crippen molar-refractivity contribution in [3.63, 3.8) is 0 Å². The summed E-state index contributed by atoms with van der Waals surface area (Å²) in [6.07, 6.45) is 1.94. The van der Waals surface area contributed by atoms with E-state index in [0.29, 0.717) is 13.0 Å². The van der Waals surface area contributed by atoms with Crippen LogP contribution in [-0.2, 0) is 14.3 Å². The van der Waals surface area contributed by atoms with Crippen molar-refractivity contribution in [2.45, 2.75) is 50.6 Å². The zero-order valence-corrected chi connectivity index (χ0v) is 19.3. The van der Waals surface area contributed by atoms with Gasteiger partial charge in [0, 0.05) is 31.0 Å². The van der Waals surface area contributed by atoms with Crippen molar-refractivity contribution in [3.8, 4) is 11.1 Å². The number of amides is 2. The number of rotatable bonds is 6. The van der Waals surface area contributed by atoms with Gasteiger partial charge in [0.25, 0.3) is 0 Å². The van der Waals surface area contributed by atoms with E-state index in [4.69, 9.17) is 4.74 Å². The number of hydrogen-bond acceptors (Lipinski definition) is 4. The number of nitrogens with zero attached hydrogens (tertiary/aromatic N) is 1. The Hall–Kier alpha value is -3.35. The molecule has 2 bridgehead atoms. The summed E-state index contributed by atoms with van der Waals surface area (Å²) in [6, 6.07) is 15.7. The molecule has 2 aliphatic heterocycles. The minimum atomic E-state index is -0.822. The first-order chi connectivity index (χ1) is 16.4. The van der Waals surface area contributed by atoms with E-state index in [9.17, 15) is 19.5 Å². The van der Waals surface area contributed by atoms with Gasteiger partial charge in [-0.2, -0.15) is 0 Å². The summed E-state index contributed by atoms with van der Waals surface area (Å²) in [4.78, 5) is 38.8. The number of ether oxygens (including phenoxy) is 1. The summed E-state index contributed by atoms with van der Waals surface area (Å²) in [6.45, 7) is 2.61. The van der Waals surface area contributed by atoms with Gasteiger partial charge in [0.1, 0.15) is 6.61 Å². The topological polar surface area (TPSA) is 95.9 Å². The molecule has 3 fully saturated rings. The number of carbonyl (C=O) groups is 3. The number of carboxylic acid groups (broad SMARTS) is 1. The molecule has 0 aromatic heterocycles. The first-order valence-corrected chi connectivity index (χ1v) is 12.1. The highest BCUT2D eigenvalue weighted by atomic mass is 16.5. The molecular formula is C27H30N2O5. The standard InChI is InChI=1S/C27H30N2O5/c1-16(12-25(30)29-14-17-10-11-24(29)22(13-17)26(31)32)28-27(33)34-15-23-20-8-4-2-6-18(20)19-7-3-5-9-21(19)23/h2-9,16-17,22-24H,10-15H2,1H3,(H,28,33)(H,31,32). The molecule has 2 saturated heterocycles. The van der Waals surface area contributed by atoms with Crippen LogP contribution in [0, 0.1) is 11.8 Å². The number of benzene rings is 2. The summed E-state index contributed by atoms with van der Waals surface area (Å²) >= 11 is 0. The van der Waals surface area contributed by atoms with Crippen LogP contribution < -0.4 is 5.32 Å². The van der Waals surface area contributed by atoms with Gasteiger partial charge in [-0.15, -0.1) is 0 Å². The smallest absolute Gasteiger partial charge is 0.407 e. The number of hydrogen-bond donors (Lipinski definition) is 2. The molecule has 2 heterocycles. The third-order valence-corrected chi connectivity index (χ3v) is 7.60. The lowest BCUT2D eigenvalue weighted by Gasteiger charge is -2.48. The van der Waals surface area contributed by atoms with Crippen LogP contribution in [0.1, 0.15) is 49.7 Å². The fourth-order valence-electron chi connectivity index (χ4n) is 6.02. The molecule has 1 saturated carbocycles. The van der Waals surface area contributed by atoms with Crippen LogP contribution >= 0.6 is 0 Å². The molecule has 2 aliphatic carbocycles. The van der Waals surface area contributed by atoms with Gasteiger partial charge in [-0.05, 0) is 54.4 Å². The SMILES string of the molecule is CC(CC(=O)N1CC2CCC1C(C(=O)O)C2)NC(=O)OCC1c2ccccc2-c2ccccc21. The molecular weight excluding hydrogens is 432 g/mol. The molecule has 178 valence electrons. The first-order valence-electron chi connectivity index (χ1n) is 12.1. The van der Waals surface area contributed by atoms with Gasteiger partial charge in [0.05, 0.1) is 5.92 Å². The van der Waals surface area contributed by atoms with Crippen molar-refractivity contribution < 1.29 is 24.2 Å². The average molecular weight is 463 g/mol. The lowest BCUT2D eigenvalue weighted by atomic mass is 9.72. The number of alkyl carbamates (subject to hydrolysis) is 1. The fourth-order valence-corrected chi connectivity index (χ4v) is 6.02. The van der Waals surface area contributed by atoms with Gasteiger partial charge >= 0.3 is 12.1 Å². The predicted octanol–water partition coefficient (Wildman–Crippen LogP) is 4.02. The Bertz CT molecular complexity index is 1070. The van der Waals surface area contributed by atoms with Gasteiger partial charge in [0.15, 0.2) is 0 Å². The van der Waals surface area contributed by atoms with Crippen molar-refractivity contribution in [3.05, 3.63) is 59.7 Å². The van der Waals surface area contributed by atoms with Crippen LogP contribution in [0.5, 0.6) is 0 Å². The third kappa shape index (κ3) is 4.15. The highest BCUT2D eigenvalue weighted by molar-refractivity contribution is 5.81. The highest BCUT2D eigenvalue weighted by Crippen LogP contribution is 2.44. The summed E-state index contributed by atoms with van der Waals surface area (Å²) in [7, 11) is 0. The molecule has 2 amide bonds. The van der Waals surface area contributed by atoms with E-state index in [1.54, 1.807) is 11.8 Å². The summed E-state index contributed by atoms with van der Waals surface area (Å²) in [5, 5.41) is 12.3. The zero-order chi connectivity index (χ0) is 23.8. The van der Waals surface area contributed by atoms with Crippen LogP contribution in [0.2, 0.25) is 0 Å². The second-order valence-electron chi connectivity index (χ2n) is 9.81. The van der Waals surface area contributed by atoms with Crippen molar-refractivity contribution in [1.29, 1.82) is 0 Å². The minimum Gasteiger partial charge on any atom is -0.481 e. The van der Waals surface area contributed by atoms with E-state index >= 15 is 0 Å². The van der Waals surface area contributed by atoms with Gasteiger partial charge in [-0.25, -0.2) is 4.79 Å². The average Bonchev–Trinajstić information content (AvgIpc) is 3.16. The van der Waals surface area contributed by atoms with E-state index < -0.39 is 24.0 Å². The Kier molecular flexibility index (Phi) is 6.02. The number of carboxylic acids is 1. The maximum Gasteiger partial charge on any atom is 0.407 e. The first kappa shape index (κ1) is 22.4. The highest BCUT2D eigenvalue weighted by Gasteiger charge is 2.45. The lowest BCUT2D eigenvalue weighted by molar-refractivity contribution is -0.155. The molecule has 34 heavy (non-hydrogen) atoms. The Morgan fingerprint density at radius 3 is 2.32 bits per heavy atom. The number of nitrogens with one attached hydrogen (secondary N) is 1. The maximum absolute atomic E-state index is 12.9. The molecule has 0 radical (unpaired) electrons. The molecule has 2 aromatic rings. The van der Waals surface area contributed by atoms with E-state index in [-0.39, 0.29) is 36.8 Å². The fraction of sp³-hybridized carbons (Fsp3) is 0.444. The van der Waals surface area contributed by atoms with Crippen molar-refractivity contribution in [2.75, 3.05) is 13.2 Å². The molecule has 2 aromatic carbocycles. The van der Waals surface area contributed by atoms with Crippen molar-refractivity contribution in [1.82, 2.24) is 10.2 Å². The minimum absolute atomic E-state index is 0.0214. The van der Waals surface area contributed by atoms with Crippen molar-refractivity contribution >= 4 is 18.0 Å². The number of piperidine rings is 2. The Morgan fingerprint density at radius 2 is 1.71 bits per heavy atom. The number of aliphatic carboxylic acids is 1. The molecule has 6 rings (SSSR count). The molecule has 2 N–H and O–H groups in total. The van der Waals surface area contributed by atoms with Crippen LogP contribution in [0.25, 0.3) is 11.1 Å². The molecule has 7 nitrogen and oxygen atoms in total. The molecule has 4 unspecified atom stereocenters. The Labute approximate surface area is 199 Å². The van der Waals surface area contributed by atoms with E-state index in [1.807, 2.05) is 24.3 Å². The van der Waals surface area contributed by atoms with Crippen LogP contribution in [0.4, 0.5) is 4.79 Å². The zero-order valence-electron chi connectivity index (χ0n) is 19.3. The quantitative estimate of drug-likeness (QED) is 0.676. The third-order valence-electron chi connectivity index (χ3n) is 7.60. The monoisotopic (exact) mass is 462 g/mol. The van der Waals surface area contributed by atoms with E-state index in [1.165, 1.54) is 11.1 Å². The Balaban J connectivity index is 1.16. The molecule has 7 heteroatoms. The number of fused-ring (bicyclic) bond motifs is 6. The summed E-state index contributed by atoms with van der Waals surface area (Å²) in [5.41, 5.74) is 4.63. The second kappa shape index (κ2) is 9.12.